The second-order valence-corrected chi connectivity index (χ2v) is 6.05. The Morgan fingerprint density at radius 2 is 1.96 bits per heavy atom. The molecule has 1 aromatic heterocycles. The average Bonchev–Trinajstić information content (AvgIpc) is 3.01. The van der Waals surface area contributed by atoms with Gasteiger partial charge in [0, 0.05) is 25.0 Å². The Kier molecular flexibility index (Phi) is 3.30. The fourth-order valence-electron chi connectivity index (χ4n) is 3.85. The molecule has 4 rings (SSSR count). The van der Waals surface area contributed by atoms with E-state index < -0.39 is 16.2 Å². The lowest BCUT2D eigenvalue weighted by Crippen LogP contribution is -2.51. The van der Waals surface area contributed by atoms with Crippen LogP contribution in [0.5, 0.6) is 0 Å². The molecule has 0 radical (unpaired) electrons. The predicted octanol–water partition coefficient (Wildman–Crippen LogP) is 2.33. The first-order valence-electron chi connectivity index (χ1n) is 7.88. The van der Waals surface area contributed by atoms with Gasteiger partial charge in [0.15, 0.2) is 0 Å². The molecule has 2 aliphatic heterocycles. The molecule has 1 aromatic carbocycles. The highest BCUT2D eigenvalue weighted by atomic mass is 16.6. The lowest BCUT2D eigenvalue weighted by atomic mass is 10.1. The van der Waals surface area contributed by atoms with Crippen LogP contribution >= 0.6 is 0 Å². The molecule has 2 aliphatic rings. The standard InChI is InChI=1S/C16H17N3O4/c20-16-15(19(21)22)14(11-5-1-2-6-12(11)23-16)18-10-4-9-17-8-3-7-13(17)18/h1-2,5-6,13H,3-4,7-10H2/t13-/m0/s1. The van der Waals surface area contributed by atoms with Crippen LogP contribution in [0.3, 0.4) is 0 Å². The zero-order valence-corrected chi connectivity index (χ0v) is 12.6. The molecule has 7 heteroatoms. The van der Waals surface area contributed by atoms with E-state index in [1.807, 2.05) is 11.0 Å². The average molecular weight is 315 g/mol. The molecule has 0 saturated carbocycles. The van der Waals surface area contributed by atoms with E-state index in [1.54, 1.807) is 18.2 Å². The molecule has 0 bridgehead atoms. The van der Waals surface area contributed by atoms with Gasteiger partial charge in [0.25, 0.3) is 0 Å². The smallest absolute Gasteiger partial charge is 0.417 e. The Morgan fingerprint density at radius 1 is 1.17 bits per heavy atom. The van der Waals surface area contributed by atoms with Crippen LogP contribution in [0.4, 0.5) is 11.4 Å². The van der Waals surface area contributed by atoms with Crippen molar-refractivity contribution in [3.05, 3.63) is 44.8 Å². The Hall–Kier alpha value is -2.41. The summed E-state index contributed by atoms with van der Waals surface area (Å²) in [5.41, 5.74) is -0.511. The van der Waals surface area contributed by atoms with Crippen LogP contribution in [0.25, 0.3) is 11.0 Å². The summed E-state index contributed by atoms with van der Waals surface area (Å²) in [6.45, 7) is 2.73. The van der Waals surface area contributed by atoms with Crippen molar-refractivity contribution in [1.29, 1.82) is 0 Å². The minimum atomic E-state index is -0.876. The lowest BCUT2D eigenvalue weighted by molar-refractivity contribution is -0.386. The molecule has 2 fully saturated rings. The second-order valence-electron chi connectivity index (χ2n) is 6.05. The molecule has 1 atom stereocenters. The zero-order chi connectivity index (χ0) is 16.0. The van der Waals surface area contributed by atoms with Gasteiger partial charge in [-0.3, -0.25) is 15.0 Å². The zero-order valence-electron chi connectivity index (χ0n) is 12.6. The first kappa shape index (κ1) is 14.2. The van der Waals surface area contributed by atoms with Crippen LogP contribution in [-0.2, 0) is 0 Å². The van der Waals surface area contributed by atoms with Crippen LogP contribution < -0.4 is 10.5 Å². The molecule has 2 aromatic rings. The van der Waals surface area contributed by atoms with Crippen molar-refractivity contribution in [3.8, 4) is 0 Å². The predicted molar refractivity (Wildman–Crippen MR) is 85.7 cm³/mol. The molecule has 0 unspecified atom stereocenters. The van der Waals surface area contributed by atoms with Crippen molar-refractivity contribution in [3.63, 3.8) is 0 Å². The van der Waals surface area contributed by atoms with Crippen molar-refractivity contribution in [2.75, 3.05) is 24.5 Å². The lowest BCUT2D eigenvalue weighted by Gasteiger charge is -2.41. The van der Waals surface area contributed by atoms with Gasteiger partial charge in [-0.05, 0) is 31.4 Å². The molecule has 7 nitrogen and oxygen atoms in total. The Morgan fingerprint density at radius 3 is 2.78 bits per heavy atom. The minimum absolute atomic E-state index is 0.132. The maximum Gasteiger partial charge on any atom is 0.417 e. The maximum atomic E-state index is 12.2. The highest BCUT2D eigenvalue weighted by molar-refractivity contribution is 5.95. The number of benzene rings is 1. The third-order valence-corrected chi connectivity index (χ3v) is 4.77. The summed E-state index contributed by atoms with van der Waals surface area (Å²) in [5, 5.41) is 12.2. The normalized spacial score (nSPS) is 21.6. The summed E-state index contributed by atoms with van der Waals surface area (Å²) < 4.78 is 5.16. The molecule has 120 valence electrons. The first-order chi connectivity index (χ1) is 11.2. The number of anilines is 1. The molecule has 0 aliphatic carbocycles. The van der Waals surface area contributed by atoms with Crippen molar-refractivity contribution in [1.82, 2.24) is 4.90 Å². The number of fused-ring (bicyclic) bond motifs is 2. The fraction of sp³-hybridized carbons (Fsp3) is 0.438. The third kappa shape index (κ3) is 2.19. The van der Waals surface area contributed by atoms with Gasteiger partial charge < -0.3 is 9.32 Å². The minimum Gasteiger partial charge on any atom is -0.418 e. The van der Waals surface area contributed by atoms with Gasteiger partial charge in [-0.1, -0.05) is 12.1 Å². The second kappa shape index (κ2) is 5.34. The Balaban J connectivity index is 1.98. The molecular weight excluding hydrogens is 298 g/mol. The van der Waals surface area contributed by atoms with E-state index in [1.165, 1.54) is 0 Å². The SMILES string of the molecule is O=c1oc2ccccc2c(N2CCCN3CCC[C@@H]32)c1[N+](=O)[O-]. The molecule has 23 heavy (non-hydrogen) atoms. The molecule has 2 saturated heterocycles. The van der Waals surface area contributed by atoms with Crippen LogP contribution in [0, 0.1) is 10.1 Å². The van der Waals surface area contributed by atoms with Gasteiger partial charge in [0.05, 0.1) is 11.1 Å². The van der Waals surface area contributed by atoms with Crippen LogP contribution in [0.1, 0.15) is 19.3 Å². The van der Waals surface area contributed by atoms with E-state index in [4.69, 9.17) is 4.42 Å². The molecule has 0 N–H and O–H groups in total. The number of nitrogens with zero attached hydrogens (tertiary/aromatic N) is 3. The summed E-state index contributed by atoms with van der Waals surface area (Å²) in [6.07, 6.45) is 3.11. The van der Waals surface area contributed by atoms with E-state index >= 15 is 0 Å². The summed E-state index contributed by atoms with van der Waals surface area (Å²) in [7, 11) is 0. The highest BCUT2D eigenvalue weighted by Crippen LogP contribution is 2.38. The summed E-state index contributed by atoms with van der Waals surface area (Å²) in [6, 6.07) is 7.04. The van der Waals surface area contributed by atoms with Crippen molar-refractivity contribution in [2.24, 2.45) is 0 Å². The number of para-hydroxylation sites is 1. The first-order valence-corrected chi connectivity index (χ1v) is 7.88. The van der Waals surface area contributed by atoms with Gasteiger partial charge in [0.2, 0.25) is 0 Å². The number of hydrogen-bond acceptors (Lipinski definition) is 6. The summed E-state index contributed by atoms with van der Waals surface area (Å²) in [5.74, 6) is 0. The third-order valence-electron chi connectivity index (χ3n) is 4.77. The Bertz CT molecular complexity index is 832. The van der Waals surface area contributed by atoms with Gasteiger partial charge in [-0.25, -0.2) is 4.79 Å². The van der Waals surface area contributed by atoms with E-state index in [0.717, 1.165) is 38.9 Å². The van der Waals surface area contributed by atoms with E-state index in [2.05, 4.69) is 4.90 Å². The monoisotopic (exact) mass is 315 g/mol. The Labute approximate surface area is 132 Å². The van der Waals surface area contributed by atoms with Crippen molar-refractivity contribution in [2.45, 2.75) is 25.4 Å². The molecule has 0 amide bonds. The van der Waals surface area contributed by atoms with E-state index in [0.29, 0.717) is 16.7 Å². The fourth-order valence-corrected chi connectivity index (χ4v) is 3.85. The van der Waals surface area contributed by atoms with Crippen LogP contribution in [0.15, 0.2) is 33.5 Å². The topological polar surface area (TPSA) is 79.8 Å². The van der Waals surface area contributed by atoms with Crippen LogP contribution in [0.2, 0.25) is 0 Å². The van der Waals surface area contributed by atoms with Gasteiger partial charge in [0.1, 0.15) is 11.3 Å². The van der Waals surface area contributed by atoms with Gasteiger partial charge in [-0.15, -0.1) is 0 Å². The maximum absolute atomic E-state index is 12.2. The van der Waals surface area contributed by atoms with Crippen molar-refractivity contribution >= 4 is 22.3 Å². The van der Waals surface area contributed by atoms with Crippen molar-refractivity contribution < 1.29 is 9.34 Å². The summed E-state index contributed by atoms with van der Waals surface area (Å²) >= 11 is 0. The van der Waals surface area contributed by atoms with Gasteiger partial charge >= 0.3 is 11.3 Å². The quantitative estimate of drug-likeness (QED) is 0.481. The van der Waals surface area contributed by atoms with E-state index in [9.17, 15) is 14.9 Å². The molecular formula is C16H17N3O4. The number of nitro groups is 1. The highest BCUT2D eigenvalue weighted by Gasteiger charge is 2.38. The van der Waals surface area contributed by atoms with Crippen LogP contribution in [-0.4, -0.2) is 35.6 Å². The number of hydrogen-bond donors (Lipinski definition) is 0. The number of rotatable bonds is 2. The summed E-state index contributed by atoms with van der Waals surface area (Å²) in [4.78, 5) is 27.5. The van der Waals surface area contributed by atoms with E-state index in [-0.39, 0.29) is 6.17 Å². The largest absolute Gasteiger partial charge is 0.418 e. The van der Waals surface area contributed by atoms with Gasteiger partial charge in [-0.2, -0.15) is 0 Å². The molecule has 3 heterocycles. The molecule has 0 spiro atoms.